The molecule has 1 aliphatic rings. The maximum Gasteiger partial charge on any atom is 0.163 e. The number of hydrogen-bond donors (Lipinski definition) is 2. The molecule has 1 aromatic carbocycles. The number of rotatable bonds is 2. The second-order valence-electron chi connectivity index (χ2n) is 4.51. The lowest BCUT2D eigenvalue weighted by Crippen LogP contribution is -2.24. The molecule has 4 heteroatoms. The van der Waals surface area contributed by atoms with E-state index < -0.39 is 0 Å². The molecule has 0 amide bonds. The first kappa shape index (κ1) is 11.7. The largest absolute Gasteiger partial charge is 0.353 e. The van der Waals surface area contributed by atoms with Gasteiger partial charge in [-0.05, 0) is 42.3 Å². The van der Waals surface area contributed by atoms with Crippen molar-refractivity contribution in [2.75, 3.05) is 11.9 Å². The Bertz CT molecular complexity index is 643. The highest BCUT2D eigenvalue weighted by atomic mass is 14.9. The van der Waals surface area contributed by atoms with E-state index in [0.717, 1.165) is 30.9 Å². The fourth-order valence-corrected chi connectivity index (χ4v) is 2.39. The molecule has 0 fully saturated rings. The lowest BCUT2D eigenvalue weighted by Gasteiger charge is -2.21. The van der Waals surface area contributed by atoms with Gasteiger partial charge >= 0.3 is 0 Å². The normalized spacial score (nSPS) is 13.4. The van der Waals surface area contributed by atoms with E-state index in [-0.39, 0.29) is 0 Å². The Labute approximate surface area is 112 Å². The standard InChI is InChI=1S/C15H14N4/c16-9-15-14(5-2-7-18-15)19-13-4-1-3-11-10-17-8-6-12(11)13/h1-5,7,17,19H,6,8,10H2. The number of aromatic nitrogens is 1. The second kappa shape index (κ2) is 5.09. The van der Waals surface area contributed by atoms with Crippen LogP contribution in [0.3, 0.4) is 0 Å². The third-order valence-electron chi connectivity index (χ3n) is 3.32. The predicted octanol–water partition coefficient (Wildman–Crippen LogP) is 2.34. The van der Waals surface area contributed by atoms with Gasteiger partial charge in [0.15, 0.2) is 5.69 Å². The van der Waals surface area contributed by atoms with E-state index in [4.69, 9.17) is 5.26 Å². The Morgan fingerprint density at radius 1 is 1.21 bits per heavy atom. The van der Waals surface area contributed by atoms with Gasteiger partial charge in [0.25, 0.3) is 0 Å². The van der Waals surface area contributed by atoms with Crippen LogP contribution in [0.2, 0.25) is 0 Å². The van der Waals surface area contributed by atoms with E-state index in [0.29, 0.717) is 5.69 Å². The minimum Gasteiger partial charge on any atom is -0.353 e. The molecule has 0 spiro atoms. The van der Waals surface area contributed by atoms with Crippen molar-refractivity contribution in [3.8, 4) is 6.07 Å². The molecule has 0 aliphatic carbocycles. The summed E-state index contributed by atoms with van der Waals surface area (Å²) >= 11 is 0. The molecule has 2 heterocycles. The van der Waals surface area contributed by atoms with Crippen LogP contribution < -0.4 is 10.6 Å². The summed E-state index contributed by atoms with van der Waals surface area (Å²) in [6.45, 7) is 1.90. The number of anilines is 2. The predicted molar refractivity (Wildman–Crippen MR) is 74.1 cm³/mol. The first-order valence-electron chi connectivity index (χ1n) is 6.32. The molecule has 4 nitrogen and oxygen atoms in total. The lowest BCUT2D eigenvalue weighted by atomic mass is 9.99. The molecule has 0 saturated carbocycles. The molecule has 0 bridgehead atoms. The van der Waals surface area contributed by atoms with Gasteiger partial charge in [0.2, 0.25) is 0 Å². The van der Waals surface area contributed by atoms with Crippen LogP contribution >= 0.6 is 0 Å². The Morgan fingerprint density at radius 3 is 3.00 bits per heavy atom. The number of nitrogens with one attached hydrogen (secondary N) is 2. The molecule has 0 atom stereocenters. The number of nitrogens with zero attached hydrogens (tertiary/aromatic N) is 2. The Kier molecular flexibility index (Phi) is 3.13. The highest BCUT2D eigenvalue weighted by Gasteiger charge is 2.13. The van der Waals surface area contributed by atoms with Gasteiger partial charge in [0.05, 0.1) is 5.69 Å². The van der Waals surface area contributed by atoms with Crippen LogP contribution in [0.25, 0.3) is 0 Å². The van der Waals surface area contributed by atoms with E-state index in [1.807, 2.05) is 18.2 Å². The van der Waals surface area contributed by atoms with Gasteiger partial charge in [-0.3, -0.25) is 0 Å². The first-order valence-corrected chi connectivity index (χ1v) is 6.32. The van der Waals surface area contributed by atoms with Crippen LogP contribution in [0.5, 0.6) is 0 Å². The third-order valence-corrected chi connectivity index (χ3v) is 3.32. The van der Waals surface area contributed by atoms with Crippen LogP contribution in [-0.4, -0.2) is 11.5 Å². The fraction of sp³-hybridized carbons (Fsp3) is 0.200. The summed E-state index contributed by atoms with van der Waals surface area (Å²) in [5, 5.41) is 15.8. The zero-order valence-corrected chi connectivity index (χ0v) is 10.5. The van der Waals surface area contributed by atoms with Gasteiger partial charge in [-0.1, -0.05) is 12.1 Å². The van der Waals surface area contributed by atoms with Crippen molar-refractivity contribution in [1.29, 1.82) is 5.26 Å². The van der Waals surface area contributed by atoms with Gasteiger partial charge in [0.1, 0.15) is 6.07 Å². The summed E-state index contributed by atoms with van der Waals surface area (Å²) in [6, 6.07) is 12.1. The summed E-state index contributed by atoms with van der Waals surface area (Å²) in [5.74, 6) is 0. The Hall–Kier alpha value is -2.38. The van der Waals surface area contributed by atoms with E-state index in [9.17, 15) is 0 Å². The first-order chi connectivity index (χ1) is 9.38. The smallest absolute Gasteiger partial charge is 0.163 e. The van der Waals surface area contributed by atoms with Gasteiger partial charge in [-0.15, -0.1) is 0 Å². The van der Waals surface area contributed by atoms with Crippen molar-refractivity contribution < 1.29 is 0 Å². The van der Waals surface area contributed by atoms with Crippen LogP contribution in [0, 0.1) is 11.3 Å². The van der Waals surface area contributed by atoms with Gasteiger partial charge < -0.3 is 10.6 Å². The number of pyridine rings is 1. The summed E-state index contributed by atoms with van der Waals surface area (Å²) in [4.78, 5) is 4.07. The molecule has 1 aromatic heterocycles. The average molecular weight is 250 g/mol. The minimum atomic E-state index is 0.425. The minimum absolute atomic E-state index is 0.425. The molecule has 3 rings (SSSR count). The molecule has 1 aliphatic heterocycles. The lowest BCUT2D eigenvalue weighted by molar-refractivity contribution is 0.645. The van der Waals surface area contributed by atoms with E-state index >= 15 is 0 Å². The van der Waals surface area contributed by atoms with Crippen LogP contribution in [-0.2, 0) is 13.0 Å². The molecular weight excluding hydrogens is 236 g/mol. The van der Waals surface area contributed by atoms with E-state index in [2.05, 4.69) is 33.8 Å². The second-order valence-corrected chi connectivity index (χ2v) is 4.51. The van der Waals surface area contributed by atoms with E-state index in [1.54, 1.807) is 6.20 Å². The van der Waals surface area contributed by atoms with Gasteiger partial charge in [0, 0.05) is 18.4 Å². The highest BCUT2D eigenvalue weighted by molar-refractivity contribution is 5.68. The number of fused-ring (bicyclic) bond motifs is 1. The molecule has 94 valence electrons. The van der Waals surface area contributed by atoms with E-state index in [1.165, 1.54) is 11.1 Å². The average Bonchev–Trinajstić information content (AvgIpc) is 2.48. The fourth-order valence-electron chi connectivity index (χ4n) is 2.39. The van der Waals surface area contributed by atoms with Crippen molar-refractivity contribution in [3.63, 3.8) is 0 Å². The van der Waals surface area contributed by atoms with Crippen molar-refractivity contribution in [1.82, 2.24) is 10.3 Å². The molecular formula is C15H14N4. The zero-order valence-electron chi connectivity index (χ0n) is 10.5. The highest BCUT2D eigenvalue weighted by Crippen LogP contribution is 2.27. The number of hydrogen-bond acceptors (Lipinski definition) is 4. The van der Waals surface area contributed by atoms with Crippen molar-refractivity contribution in [2.24, 2.45) is 0 Å². The van der Waals surface area contributed by atoms with Crippen molar-refractivity contribution in [2.45, 2.75) is 13.0 Å². The monoisotopic (exact) mass is 250 g/mol. The quantitative estimate of drug-likeness (QED) is 0.858. The summed E-state index contributed by atoms with van der Waals surface area (Å²) < 4.78 is 0. The topological polar surface area (TPSA) is 60.7 Å². The summed E-state index contributed by atoms with van der Waals surface area (Å²) in [6.07, 6.45) is 2.63. The third kappa shape index (κ3) is 2.28. The van der Waals surface area contributed by atoms with Crippen LogP contribution in [0.15, 0.2) is 36.5 Å². The Balaban J connectivity index is 1.98. The van der Waals surface area contributed by atoms with Crippen LogP contribution in [0.1, 0.15) is 16.8 Å². The van der Waals surface area contributed by atoms with Gasteiger partial charge in [-0.2, -0.15) is 5.26 Å². The van der Waals surface area contributed by atoms with Crippen molar-refractivity contribution >= 4 is 11.4 Å². The number of benzene rings is 1. The van der Waals surface area contributed by atoms with Gasteiger partial charge in [-0.25, -0.2) is 4.98 Å². The summed E-state index contributed by atoms with van der Waals surface area (Å²) in [7, 11) is 0. The Morgan fingerprint density at radius 2 is 2.11 bits per heavy atom. The molecule has 0 radical (unpaired) electrons. The maximum atomic E-state index is 9.07. The summed E-state index contributed by atoms with van der Waals surface area (Å²) in [5.41, 5.74) is 4.90. The molecule has 0 saturated heterocycles. The number of nitriles is 1. The molecule has 19 heavy (non-hydrogen) atoms. The molecule has 2 aromatic rings. The molecule has 0 unspecified atom stereocenters. The SMILES string of the molecule is N#Cc1ncccc1Nc1cccc2c1CCNC2. The van der Waals surface area contributed by atoms with Crippen molar-refractivity contribution in [3.05, 3.63) is 53.3 Å². The zero-order chi connectivity index (χ0) is 13.1. The molecule has 2 N–H and O–H groups in total. The van der Waals surface area contributed by atoms with Crippen LogP contribution in [0.4, 0.5) is 11.4 Å². The maximum absolute atomic E-state index is 9.07.